The van der Waals surface area contributed by atoms with Gasteiger partial charge in [-0.1, -0.05) is 24.4 Å². The van der Waals surface area contributed by atoms with E-state index >= 15 is 0 Å². The van der Waals surface area contributed by atoms with Crippen LogP contribution in [0, 0.1) is 0 Å². The number of unbranched alkanes of at least 4 members (excludes halogenated alkanes) is 3. The molecule has 0 atom stereocenters. The van der Waals surface area contributed by atoms with E-state index in [2.05, 4.69) is 5.32 Å². The molecule has 0 heterocycles. The maximum absolute atomic E-state index is 11.8. The van der Waals surface area contributed by atoms with Gasteiger partial charge in [0.15, 0.2) is 0 Å². The van der Waals surface area contributed by atoms with Crippen LogP contribution in [0.1, 0.15) is 36.0 Å². The molecule has 0 radical (unpaired) electrons. The molecule has 4 nitrogen and oxygen atoms in total. The summed E-state index contributed by atoms with van der Waals surface area (Å²) in [4.78, 5) is 11.8. The van der Waals surface area contributed by atoms with Crippen molar-refractivity contribution in [1.29, 1.82) is 0 Å². The Labute approximate surface area is 112 Å². The smallest absolute Gasteiger partial charge is 0.253 e. The maximum atomic E-state index is 11.8. The van der Waals surface area contributed by atoms with Crippen molar-refractivity contribution in [2.75, 3.05) is 18.9 Å². The number of hydrogen-bond acceptors (Lipinski definition) is 3. The third kappa shape index (κ3) is 4.94. The van der Waals surface area contributed by atoms with Crippen LogP contribution < -0.4 is 11.1 Å². The van der Waals surface area contributed by atoms with Crippen LogP contribution >= 0.6 is 11.6 Å². The van der Waals surface area contributed by atoms with Gasteiger partial charge in [0.1, 0.15) is 0 Å². The summed E-state index contributed by atoms with van der Waals surface area (Å²) in [5.74, 6) is -0.175. The fourth-order valence-corrected chi connectivity index (χ4v) is 1.81. The number of aliphatic hydroxyl groups is 1. The molecule has 1 amide bonds. The Balaban J connectivity index is 2.32. The zero-order valence-electron chi connectivity index (χ0n) is 10.3. The number of nitrogen functional groups attached to an aromatic ring is 1. The maximum Gasteiger partial charge on any atom is 0.253 e. The lowest BCUT2D eigenvalue weighted by Crippen LogP contribution is -2.25. The molecule has 4 N–H and O–H groups in total. The molecule has 5 heteroatoms. The molecule has 0 unspecified atom stereocenters. The van der Waals surface area contributed by atoms with Crippen molar-refractivity contribution in [3.63, 3.8) is 0 Å². The van der Waals surface area contributed by atoms with Gasteiger partial charge in [0, 0.05) is 23.9 Å². The molecule has 0 bridgehead atoms. The lowest BCUT2D eigenvalue weighted by molar-refractivity contribution is 0.0953. The molecule has 1 aromatic carbocycles. The monoisotopic (exact) mass is 270 g/mol. The van der Waals surface area contributed by atoms with E-state index in [1.165, 1.54) is 0 Å². The molecule has 0 aliphatic rings. The molecule has 0 fully saturated rings. The second-order valence-corrected chi connectivity index (χ2v) is 4.56. The fourth-order valence-electron chi connectivity index (χ4n) is 1.63. The topological polar surface area (TPSA) is 75.4 Å². The Morgan fingerprint density at radius 3 is 2.67 bits per heavy atom. The highest BCUT2D eigenvalue weighted by molar-refractivity contribution is 6.31. The highest BCUT2D eigenvalue weighted by Gasteiger charge is 2.08. The highest BCUT2D eigenvalue weighted by Crippen LogP contribution is 2.17. The predicted octanol–water partition coefficient (Wildman–Crippen LogP) is 2.20. The minimum absolute atomic E-state index is 0.175. The zero-order valence-corrected chi connectivity index (χ0v) is 11.0. The van der Waals surface area contributed by atoms with Crippen LogP contribution in [0.3, 0.4) is 0 Å². The van der Waals surface area contributed by atoms with Gasteiger partial charge in [-0.2, -0.15) is 0 Å². The van der Waals surface area contributed by atoms with E-state index in [1.807, 2.05) is 0 Å². The second-order valence-electron chi connectivity index (χ2n) is 4.13. The number of nitrogens with one attached hydrogen (secondary N) is 1. The first-order valence-corrected chi connectivity index (χ1v) is 6.47. The van der Waals surface area contributed by atoms with Gasteiger partial charge < -0.3 is 16.2 Å². The van der Waals surface area contributed by atoms with Crippen molar-refractivity contribution in [1.82, 2.24) is 5.32 Å². The Morgan fingerprint density at radius 1 is 1.28 bits per heavy atom. The van der Waals surface area contributed by atoms with Crippen LogP contribution in [0.15, 0.2) is 18.2 Å². The van der Waals surface area contributed by atoms with Gasteiger partial charge in [0.2, 0.25) is 0 Å². The lowest BCUT2D eigenvalue weighted by Gasteiger charge is -2.07. The Hall–Kier alpha value is -1.26. The fraction of sp³-hybridized carbons (Fsp3) is 0.462. The van der Waals surface area contributed by atoms with Crippen molar-refractivity contribution >= 4 is 23.2 Å². The first-order chi connectivity index (χ1) is 8.65. The molecule has 100 valence electrons. The Kier molecular flexibility index (Phi) is 6.54. The number of benzene rings is 1. The standard InChI is InChI=1S/C13H19ClN2O2/c14-10-5-6-11(12(15)9-10)13(18)16-7-3-1-2-4-8-17/h5-6,9,17H,1-4,7-8,15H2,(H,16,18). The van der Waals surface area contributed by atoms with Gasteiger partial charge in [-0.15, -0.1) is 0 Å². The lowest BCUT2D eigenvalue weighted by atomic mass is 10.1. The predicted molar refractivity (Wildman–Crippen MR) is 73.8 cm³/mol. The highest BCUT2D eigenvalue weighted by atomic mass is 35.5. The van der Waals surface area contributed by atoms with Crippen molar-refractivity contribution in [2.45, 2.75) is 25.7 Å². The number of carbonyl (C=O) groups excluding carboxylic acids is 1. The number of hydrogen-bond donors (Lipinski definition) is 3. The summed E-state index contributed by atoms with van der Waals surface area (Å²) < 4.78 is 0. The third-order valence-corrected chi connectivity index (χ3v) is 2.86. The van der Waals surface area contributed by atoms with E-state index in [1.54, 1.807) is 18.2 Å². The van der Waals surface area contributed by atoms with E-state index < -0.39 is 0 Å². The molecular weight excluding hydrogens is 252 g/mol. The molecule has 1 rings (SSSR count). The first-order valence-electron chi connectivity index (χ1n) is 6.09. The molecule has 0 saturated carbocycles. The number of halogens is 1. The van der Waals surface area contributed by atoms with Crippen LogP contribution in [0.5, 0.6) is 0 Å². The van der Waals surface area contributed by atoms with E-state index in [0.717, 1.165) is 25.7 Å². The van der Waals surface area contributed by atoms with E-state index in [9.17, 15) is 4.79 Å². The number of amides is 1. The quantitative estimate of drug-likeness (QED) is 0.525. The SMILES string of the molecule is Nc1cc(Cl)ccc1C(=O)NCCCCCCO. The molecule has 0 spiro atoms. The molecule has 1 aromatic rings. The van der Waals surface area contributed by atoms with Crippen LogP contribution in [0.25, 0.3) is 0 Å². The second kappa shape index (κ2) is 7.95. The Morgan fingerprint density at radius 2 is 2.00 bits per heavy atom. The first kappa shape index (κ1) is 14.8. The van der Waals surface area contributed by atoms with Gasteiger partial charge >= 0.3 is 0 Å². The van der Waals surface area contributed by atoms with Crippen molar-refractivity contribution < 1.29 is 9.90 Å². The molecule has 0 saturated heterocycles. The number of aliphatic hydroxyl groups excluding tert-OH is 1. The summed E-state index contributed by atoms with van der Waals surface area (Å²) in [6, 6.07) is 4.84. The molecular formula is C13H19ClN2O2. The van der Waals surface area contributed by atoms with E-state index in [-0.39, 0.29) is 12.5 Å². The summed E-state index contributed by atoms with van der Waals surface area (Å²) in [6.45, 7) is 0.847. The Bertz CT molecular complexity index is 397. The van der Waals surface area contributed by atoms with Gasteiger partial charge in [-0.3, -0.25) is 4.79 Å². The van der Waals surface area contributed by atoms with Gasteiger partial charge in [0.05, 0.1) is 5.56 Å². The van der Waals surface area contributed by atoms with Crippen molar-refractivity contribution in [3.05, 3.63) is 28.8 Å². The summed E-state index contributed by atoms with van der Waals surface area (Å²) >= 11 is 5.76. The van der Waals surface area contributed by atoms with Crippen molar-refractivity contribution in [3.8, 4) is 0 Å². The van der Waals surface area contributed by atoms with Gasteiger partial charge in [-0.25, -0.2) is 0 Å². The minimum atomic E-state index is -0.175. The number of nitrogens with two attached hydrogens (primary N) is 1. The third-order valence-electron chi connectivity index (χ3n) is 2.63. The van der Waals surface area contributed by atoms with Crippen molar-refractivity contribution in [2.24, 2.45) is 0 Å². The minimum Gasteiger partial charge on any atom is -0.398 e. The van der Waals surface area contributed by atoms with Crippen LogP contribution in [0.2, 0.25) is 5.02 Å². The van der Waals surface area contributed by atoms with E-state index in [4.69, 9.17) is 22.4 Å². The summed E-state index contributed by atoms with van der Waals surface area (Å²) in [5, 5.41) is 12.0. The largest absolute Gasteiger partial charge is 0.398 e. The normalized spacial score (nSPS) is 10.3. The summed E-state index contributed by atoms with van der Waals surface area (Å²) in [5.41, 5.74) is 6.56. The van der Waals surface area contributed by atoms with Crippen LogP contribution in [-0.2, 0) is 0 Å². The number of carbonyl (C=O) groups is 1. The molecule has 0 aliphatic heterocycles. The molecule has 0 aromatic heterocycles. The summed E-state index contributed by atoms with van der Waals surface area (Å²) in [7, 11) is 0. The van der Waals surface area contributed by atoms with Crippen LogP contribution in [0.4, 0.5) is 5.69 Å². The average Bonchev–Trinajstić information content (AvgIpc) is 2.33. The average molecular weight is 271 g/mol. The van der Waals surface area contributed by atoms with Gasteiger partial charge in [0.25, 0.3) is 5.91 Å². The molecule has 18 heavy (non-hydrogen) atoms. The van der Waals surface area contributed by atoms with E-state index in [0.29, 0.717) is 22.8 Å². The van der Waals surface area contributed by atoms with Gasteiger partial charge in [-0.05, 0) is 31.0 Å². The van der Waals surface area contributed by atoms with Crippen LogP contribution in [-0.4, -0.2) is 24.2 Å². The molecule has 0 aliphatic carbocycles. The summed E-state index contributed by atoms with van der Waals surface area (Å²) in [6.07, 6.45) is 3.70. The number of anilines is 1. The number of rotatable bonds is 7. The zero-order chi connectivity index (χ0) is 13.4.